The third kappa shape index (κ3) is 3.57. The molecule has 0 spiro atoms. The first-order chi connectivity index (χ1) is 13.9. The summed E-state index contributed by atoms with van der Waals surface area (Å²) in [5.41, 5.74) is 1.66. The molecule has 4 rings (SSSR count). The Labute approximate surface area is 172 Å². The highest BCUT2D eigenvalue weighted by atomic mass is 32.2. The van der Waals surface area contributed by atoms with E-state index in [9.17, 15) is 18.0 Å². The maximum atomic E-state index is 13.3. The van der Waals surface area contributed by atoms with E-state index in [0.717, 1.165) is 30.5 Å². The van der Waals surface area contributed by atoms with E-state index in [-0.39, 0.29) is 28.7 Å². The molecule has 2 heterocycles. The van der Waals surface area contributed by atoms with Crippen molar-refractivity contribution >= 4 is 27.5 Å². The number of rotatable bonds is 6. The smallest absolute Gasteiger partial charge is 0.249 e. The SMILES string of the molecule is CCN(CC)S(=O)(=O)c1ccc2c(c1)CCN2C(=O)C1CCCN1C(=O)C1CC1. The lowest BCUT2D eigenvalue weighted by molar-refractivity contribution is -0.138. The predicted molar refractivity (Wildman–Crippen MR) is 110 cm³/mol. The molecule has 0 aromatic heterocycles. The molecule has 7 nitrogen and oxygen atoms in total. The molecule has 1 unspecified atom stereocenters. The summed E-state index contributed by atoms with van der Waals surface area (Å²) < 4.78 is 27.1. The maximum Gasteiger partial charge on any atom is 0.249 e. The molecule has 3 aliphatic rings. The van der Waals surface area contributed by atoms with E-state index in [4.69, 9.17) is 0 Å². The van der Waals surface area contributed by atoms with Gasteiger partial charge in [-0.25, -0.2) is 8.42 Å². The minimum absolute atomic E-state index is 0.0328. The van der Waals surface area contributed by atoms with Gasteiger partial charge in [-0.1, -0.05) is 13.8 Å². The summed E-state index contributed by atoms with van der Waals surface area (Å²) in [6, 6.07) is 4.67. The van der Waals surface area contributed by atoms with Gasteiger partial charge in [0.2, 0.25) is 21.8 Å². The van der Waals surface area contributed by atoms with Gasteiger partial charge in [-0.05, 0) is 55.9 Å². The van der Waals surface area contributed by atoms with E-state index in [1.54, 1.807) is 28.0 Å². The number of fused-ring (bicyclic) bond motifs is 1. The number of hydrogen-bond acceptors (Lipinski definition) is 4. The third-order valence-electron chi connectivity index (χ3n) is 6.30. The van der Waals surface area contributed by atoms with Crippen molar-refractivity contribution in [2.75, 3.05) is 31.1 Å². The molecule has 1 aromatic rings. The highest BCUT2D eigenvalue weighted by Crippen LogP contribution is 2.36. The van der Waals surface area contributed by atoms with Crippen LogP contribution in [-0.4, -0.2) is 61.7 Å². The number of carbonyl (C=O) groups excluding carboxylic acids is 2. The molecule has 0 N–H and O–H groups in total. The standard InChI is InChI=1S/C21H29N3O4S/c1-3-22(4-2)29(27,28)17-9-10-18-16(14-17)11-13-24(18)21(26)19-6-5-12-23(19)20(25)15-7-8-15/h9-10,14-15,19H,3-8,11-13H2,1-2H3. The van der Waals surface area contributed by atoms with Crippen LogP contribution in [0.15, 0.2) is 23.1 Å². The Hall–Kier alpha value is -1.93. The summed E-state index contributed by atoms with van der Waals surface area (Å²) in [6.07, 6.45) is 4.07. The zero-order valence-electron chi connectivity index (χ0n) is 17.1. The van der Waals surface area contributed by atoms with Crippen molar-refractivity contribution in [2.45, 2.75) is 56.9 Å². The summed E-state index contributed by atoms with van der Waals surface area (Å²) in [4.78, 5) is 29.6. The van der Waals surface area contributed by atoms with Gasteiger partial charge in [-0.3, -0.25) is 9.59 Å². The van der Waals surface area contributed by atoms with Crippen LogP contribution in [-0.2, 0) is 26.0 Å². The summed E-state index contributed by atoms with van der Waals surface area (Å²) >= 11 is 0. The van der Waals surface area contributed by atoms with Crippen molar-refractivity contribution < 1.29 is 18.0 Å². The fourth-order valence-electron chi connectivity index (χ4n) is 4.51. The molecule has 0 radical (unpaired) electrons. The van der Waals surface area contributed by atoms with Crippen LogP contribution in [0.3, 0.4) is 0 Å². The number of anilines is 1. The normalized spacial score (nSPS) is 21.7. The van der Waals surface area contributed by atoms with Crippen molar-refractivity contribution in [3.05, 3.63) is 23.8 Å². The minimum Gasteiger partial charge on any atom is -0.330 e. The average Bonchev–Trinajstić information content (AvgIpc) is 3.29. The Morgan fingerprint density at radius 2 is 1.79 bits per heavy atom. The summed E-state index contributed by atoms with van der Waals surface area (Å²) in [6.45, 7) is 5.69. The van der Waals surface area contributed by atoms with Gasteiger partial charge in [0.25, 0.3) is 0 Å². The minimum atomic E-state index is -3.52. The number of likely N-dealkylation sites (tertiary alicyclic amines) is 1. The number of hydrogen-bond donors (Lipinski definition) is 0. The Kier molecular flexibility index (Phi) is 5.42. The van der Waals surface area contributed by atoms with Crippen LogP contribution < -0.4 is 4.90 Å². The zero-order chi connectivity index (χ0) is 20.8. The average molecular weight is 420 g/mol. The molecular formula is C21H29N3O4S. The van der Waals surface area contributed by atoms with Crippen molar-refractivity contribution in [2.24, 2.45) is 5.92 Å². The maximum absolute atomic E-state index is 13.3. The Bertz CT molecular complexity index is 922. The second-order valence-electron chi connectivity index (χ2n) is 8.08. The van der Waals surface area contributed by atoms with E-state index < -0.39 is 10.0 Å². The molecule has 1 atom stereocenters. The lowest BCUT2D eigenvalue weighted by Crippen LogP contribution is -2.48. The lowest BCUT2D eigenvalue weighted by atomic mass is 10.1. The van der Waals surface area contributed by atoms with Gasteiger partial charge in [0, 0.05) is 37.8 Å². The quantitative estimate of drug-likeness (QED) is 0.707. The first-order valence-corrected chi connectivity index (χ1v) is 12.1. The second kappa shape index (κ2) is 7.72. The number of carbonyl (C=O) groups is 2. The summed E-state index contributed by atoms with van der Waals surface area (Å²) in [5.74, 6) is 0.206. The van der Waals surface area contributed by atoms with E-state index in [2.05, 4.69) is 0 Å². The molecule has 0 bridgehead atoms. The molecule has 2 amide bonds. The van der Waals surface area contributed by atoms with E-state index >= 15 is 0 Å². The summed E-state index contributed by atoms with van der Waals surface area (Å²) in [5, 5.41) is 0. The molecule has 2 aliphatic heterocycles. The number of amides is 2. The highest BCUT2D eigenvalue weighted by Gasteiger charge is 2.43. The fourth-order valence-corrected chi connectivity index (χ4v) is 6.02. The fraction of sp³-hybridized carbons (Fsp3) is 0.619. The van der Waals surface area contributed by atoms with Gasteiger partial charge in [-0.15, -0.1) is 0 Å². The Balaban J connectivity index is 1.56. The monoisotopic (exact) mass is 419 g/mol. The summed E-state index contributed by atoms with van der Waals surface area (Å²) in [7, 11) is -3.52. The van der Waals surface area contributed by atoms with Gasteiger partial charge in [0.1, 0.15) is 6.04 Å². The van der Waals surface area contributed by atoms with Crippen molar-refractivity contribution in [1.82, 2.24) is 9.21 Å². The number of benzene rings is 1. The molecule has 1 saturated carbocycles. The largest absolute Gasteiger partial charge is 0.330 e. The van der Waals surface area contributed by atoms with Gasteiger partial charge in [0.05, 0.1) is 4.90 Å². The van der Waals surface area contributed by atoms with Gasteiger partial charge >= 0.3 is 0 Å². The lowest BCUT2D eigenvalue weighted by Gasteiger charge is -2.28. The predicted octanol–water partition coefficient (Wildman–Crippen LogP) is 2.01. The van der Waals surface area contributed by atoms with Gasteiger partial charge in [-0.2, -0.15) is 4.31 Å². The van der Waals surface area contributed by atoms with Crippen LogP contribution in [0.2, 0.25) is 0 Å². The molecule has 2 fully saturated rings. The zero-order valence-corrected chi connectivity index (χ0v) is 18.0. The topological polar surface area (TPSA) is 78.0 Å². The highest BCUT2D eigenvalue weighted by molar-refractivity contribution is 7.89. The molecule has 8 heteroatoms. The van der Waals surface area contributed by atoms with Crippen LogP contribution in [0.1, 0.15) is 45.1 Å². The molecular weight excluding hydrogens is 390 g/mol. The van der Waals surface area contributed by atoms with Crippen LogP contribution in [0.4, 0.5) is 5.69 Å². The van der Waals surface area contributed by atoms with Crippen molar-refractivity contribution in [3.63, 3.8) is 0 Å². The van der Waals surface area contributed by atoms with Crippen LogP contribution in [0.5, 0.6) is 0 Å². The van der Waals surface area contributed by atoms with Crippen LogP contribution in [0, 0.1) is 5.92 Å². The number of nitrogens with zero attached hydrogens (tertiary/aromatic N) is 3. The van der Waals surface area contributed by atoms with Gasteiger partial charge in [0.15, 0.2) is 0 Å². The Morgan fingerprint density at radius 3 is 2.45 bits per heavy atom. The van der Waals surface area contributed by atoms with E-state index in [0.29, 0.717) is 39.0 Å². The Morgan fingerprint density at radius 1 is 1.07 bits per heavy atom. The molecule has 1 aliphatic carbocycles. The number of sulfonamides is 1. The van der Waals surface area contributed by atoms with Crippen LogP contribution >= 0.6 is 0 Å². The molecule has 1 saturated heterocycles. The first-order valence-electron chi connectivity index (χ1n) is 10.6. The molecule has 158 valence electrons. The third-order valence-corrected chi connectivity index (χ3v) is 8.35. The second-order valence-corrected chi connectivity index (χ2v) is 10.0. The van der Waals surface area contributed by atoms with E-state index in [1.165, 1.54) is 4.31 Å². The van der Waals surface area contributed by atoms with Crippen LogP contribution in [0.25, 0.3) is 0 Å². The molecule has 1 aromatic carbocycles. The van der Waals surface area contributed by atoms with E-state index in [1.807, 2.05) is 13.8 Å². The van der Waals surface area contributed by atoms with Crippen molar-refractivity contribution in [1.29, 1.82) is 0 Å². The van der Waals surface area contributed by atoms with Crippen molar-refractivity contribution in [3.8, 4) is 0 Å². The molecule has 29 heavy (non-hydrogen) atoms. The van der Waals surface area contributed by atoms with Gasteiger partial charge < -0.3 is 9.80 Å². The first kappa shape index (κ1) is 20.3.